The molecule has 1 heterocycles. The van der Waals surface area contributed by atoms with Crippen molar-refractivity contribution in [1.82, 2.24) is 10.3 Å². The van der Waals surface area contributed by atoms with Crippen LogP contribution in [0.4, 0.5) is 0 Å². The van der Waals surface area contributed by atoms with E-state index in [2.05, 4.69) is 16.9 Å². The predicted octanol–water partition coefficient (Wildman–Crippen LogP) is 3.35. The van der Waals surface area contributed by atoms with Gasteiger partial charge in [0.05, 0.1) is 10.7 Å². The number of hydrogen-bond acceptors (Lipinski definition) is 2. The highest BCUT2D eigenvalue weighted by molar-refractivity contribution is 6.30. The van der Waals surface area contributed by atoms with Crippen LogP contribution in [-0.4, -0.2) is 12.0 Å². The highest BCUT2D eigenvalue weighted by Gasteiger charge is 2.09. The Bertz CT molecular complexity index is 319. The van der Waals surface area contributed by atoms with Gasteiger partial charge in [0.2, 0.25) is 0 Å². The first-order valence-corrected chi connectivity index (χ1v) is 5.44. The molecule has 82 valence electrons. The van der Waals surface area contributed by atoms with Crippen molar-refractivity contribution >= 4 is 11.6 Å². The molecule has 0 fully saturated rings. The molecule has 1 rings (SSSR count). The van der Waals surface area contributed by atoms with Crippen LogP contribution < -0.4 is 5.32 Å². The molecule has 2 nitrogen and oxygen atoms in total. The lowest BCUT2D eigenvalue weighted by molar-refractivity contribution is 0.535. The van der Waals surface area contributed by atoms with Crippen molar-refractivity contribution in [3.05, 3.63) is 41.2 Å². The number of aromatic nitrogens is 1. The fourth-order valence-corrected chi connectivity index (χ4v) is 1.54. The van der Waals surface area contributed by atoms with Crippen LogP contribution in [0, 0.1) is 0 Å². The first-order valence-electron chi connectivity index (χ1n) is 5.06. The van der Waals surface area contributed by atoms with Crippen molar-refractivity contribution < 1.29 is 0 Å². The van der Waals surface area contributed by atoms with E-state index in [0.29, 0.717) is 5.02 Å². The van der Waals surface area contributed by atoms with Crippen LogP contribution in [0.5, 0.6) is 0 Å². The molecule has 0 aliphatic rings. The van der Waals surface area contributed by atoms with E-state index in [0.717, 1.165) is 18.5 Å². The summed E-state index contributed by atoms with van der Waals surface area (Å²) in [4.78, 5) is 4.30. The van der Waals surface area contributed by atoms with Gasteiger partial charge in [-0.1, -0.05) is 17.2 Å². The minimum absolute atomic E-state index is 0.277. The third kappa shape index (κ3) is 4.02. The fraction of sp³-hybridized carbons (Fsp3) is 0.417. The maximum absolute atomic E-state index is 5.79. The molecule has 3 heteroatoms. The van der Waals surface area contributed by atoms with Crippen molar-refractivity contribution in [2.75, 3.05) is 7.05 Å². The highest BCUT2D eigenvalue weighted by atomic mass is 35.5. The SMILES string of the molecule is C=C(C)CCC(NC)c1ccc(Cl)cn1. The topological polar surface area (TPSA) is 24.9 Å². The molecular formula is C12H17ClN2. The lowest BCUT2D eigenvalue weighted by Gasteiger charge is -2.15. The maximum atomic E-state index is 5.79. The van der Waals surface area contributed by atoms with Crippen LogP contribution in [0.25, 0.3) is 0 Å². The number of halogens is 1. The third-order valence-corrected chi connectivity index (χ3v) is 2.54. The zero-order valence-corrected chi connectivity index (χ0v) is 10.0. The molecule has 0 radical (unpaired) electrons. The summed E-state index contributed by atoms with van der Waals surface area (Å²) in [5.41, 5.74) is 2.23. The Balaban J connectivity index is 2.65. The minimum Gasteiger partial charge on any atom is -0.312 e. The minimum atomic E-state index is 0.277. The normalized spacial score (nSPS) is 12.5. The Kier molecular flexibility index (Phi) is 4.79. The van der Waals surface area contributed by atoms with E-state index in [9.17, 15) is 0 Å². The van der Waals surface area contributed by atoms with Crippen molar-refractivity contribution in [2.45, 2.75) is 25.8 Å². The van der Waals surface area contributed by atoms with Gasteiger partial charge >= 0.3 is 0 Å². The number of rotatable bonds is 5. The number of allylic oxidation sites excluding steroid dienone is 1. The van der Waals surface area contributed by atoms with Crippen molar-refractivity contribution in [1.29, 1.82) is 0 Å². The van der Waals surface area contributed by atoms with Crippen LogP contribution in [-0.2, 0) is 0 Å². The molecule has 0 bridgehead atoms. The van der Waals surface area contributed by atoms with Gasteiger partial charge in [-0.05, 0) is 38.9 Å². The van der Waals surface area contributed by atoms with Crippen molar-refractivity contribution in [2.24, 2.45) is 0 Å². The summed E-state index contributed by atoms with van der Waals surface area (Å²) in [5.74, 6) is 0. The number of nitrogens with one attached hydrogen (secondary N) is 1. The van der Waals surface area contributed by atoms with Gasteiger partial charge < -0.3 is 5.32 Å². The molecule has 1 atom stereocenters. The Morgan fingerprint density at radius 3 is 2.80 bits per heavy atom. The second-order valence-corrected chi connectivity index (χ2v) is 4.17. The van der Waals surface area contributed by atoms with E-state index in [1.54, 1.807) is 6.20 Å². The lowest BCUT2D eigenvalue weighted by Crippen LogP contribution is -2.17. The zero-order chi connectivity index (χ0) is 11.3. The maximum Gasteiger partial charge on any atom is 0.0589 e. The molecule has 1 aromatic rings. The van der Waals surface area contributed by atoms with Crippen molar-refractivity contribution in [3.8, 4) is 0 Å². The number of hydrogen-bond donors (Lipinski definition) is 1. The van der Waals surface area contributed by atoms with Gasteiger partial charge in [-0.2, -0.15) is 0 Å². The van der Waals surface area contributed by atoms with Crippen LogP contribution >= 0.6 is 11.6 Å². The first-order chi connectivity index (χ1) is 7.13. The molecule has 1 N–H and O–H groups in total. The average Bonchev–Trinajstić information content (AvgIpc) is 2.21. The molecule has 0 saturated heterocycles. The van der Waals surface area contributed by atoms with Crippen LogP contribution in [0.2, 0.25) is 5.02 Å². The molecule has 0 spiro atoms. The summed E-state index contributed by atoms with van der Waals surface area (Å²) >= 11 is 5.79. The van der Waals surface area contributed by atoms with Crippen LogP contribution in [0.15, 0.2) is 30.5 Å². The summed E-state index contributed by atoms with van der Waals surface area (Å²) in [5, 5.41) is 3.92. The van der Waals surface area contributed by atoms with Gasteiger partial charge in [0, 0.05) is 12.2 Å². The standard InChI is InChI=1S/C12H17ClN2/c1-9(2)4-6-11(14-3)12-7-5-10(13)8-15-12/h5,7-8,11,14H,1,4,6H2,2-3H3. The molecule has 0 saturated carbocycles. The molecule has 1 aromatic heterocycles. The smallest absolute Gasteiger partial charge is 0.0589 e. The number of nitrogens with zero attached hydrogens (tertiary/aromatic N) is 1. The zero-order valence-electron chi connectivity index (χ0n) is 9.26. The molecule has 0 amide bonds. The molecular weight excluding hydrogens is 208 g/mol. The van der Waals surface area contributed by atoms with Crippen LogP contribution in [0.1, 0.15) is 31.5 Å². The fourth-order valence-electron chi connectivity index (χ4n) is 1.42. The molecule has 15 heavy (non-hydrogen) atoms. The average molecular weight is 225 g/mol. The summed E-state index contributed by atoms with van der Waals surface area (Å²) in [6, 6.07) is 4.11. The van der Waals surface area contributed by atoms with E-state index in [4.69, 9.17) is 11.6 Å². The van der Waals surface area contributed by atoms with Crippen molar-refractivity contribution in [3.63, 3.8) is 0 Å². The Hall–Kier alpha value is -0.860. The van der Waals surface area contributed by atoms with Gasteiger partial charge in [-0.15, -0.1) is 6.58 Å². The first kappa shape index (κ1) is 12.2. The number of pyridine rings is 1. The highest BCUT2D eigenvalue weighted by Crippen LogP contribution is 2.19. The van der Waals surface area contributed by atoms with Crippen LogP contribution in [0.3, 0.4) is 0 Å². The summed E-state index contributed by atoms with van der Waals surface area (Å²) < 4.78 is 0. The van der Waals surface area contributed by atoms with Gasteiger partial charge in [0.1, 0.15) is 0 Å². The second-order valence-electron chi connectivity index (χ2n) is 3.74. The van der Waals surface area contributed by atoms with E-state index in [1.165, 1.54) is 5.57 Å². The summed E-state index contributed by atoms with van der Waals surface area (Å²) in [6.45, 7) is 5.94. The van der Waals surface area contributed by atoms with Gasteiger partial charge in [-0.25, -0.2) is 0 Å². The largest absolute Gasteiger partial charge is 0.312 e. The Morgan fingerprint density at radius 1 is 1.60 bits per heavy atom. The third-order valence-electron chi connectivity index (χ3n) is 2.32. The van der Waals surface area contributed by atoms with Gasteiger partial charge in [0.15, 0.2) is 0 Å². The van der Waals surface area contributed by atoms with E-state index >= 15 is 0 Å². The quantitative estimate of drug-likeness (QED) is 0.776. The predicted molar refractivity (Wildman–Crippen MR) is 65.1 cm³/mol. The lowest BCUT2D eigenvalue weighted by atomic mass is 10.0. The molecule has 0 aliphatic carbocycles. The van der Waals surface area contributed by atoms with Gasteiger partial charge in [-0.3, -0.25) is 4.98 Å². The Labute approximate surface area is 96.4 Å². The summed E-state index contributed by atoms with van der Waals surface area (Å²) in [7, 11) is 1.94. The summed E-state index contributed by atoms with van der Waals surface area (Å²) in [6.07, 6.45) is 3.71. The van der Waals surface area contributed by atoms with E-state index in [-0.39, 0.29) is 6.04 Å². The molecule has 0 aliphatic heterocycles. The molecule has 1 unspecified atom stereocenters. The van der Waals surface area contributed by atoms with Gasteiger partial charge in [0.25, 0.3) is 0 Å². The molecule has 0 aromatic carbocycles. The Morgan fingerprint density at radius 2 is 2.33 bits per heavy atom. The monoisotopic (exact) mass is 224 g/mol. The van der Waals surface area contributed by atoms with E-state index in [1.807, 2.05) is 26.1 Å². The van der Waals surface area contributed by atoms with E-state index < -0.39 is 0 Å². The second kappa shape index (κ2) is 5.89.